The van der Waals surface area contributed by atoms with Crippen LogP contribution in [0.5, 0.6) is 0 Å². The highest BCUT2D eigenvalue weighted by molar-refractivity contribution is 6.17. The van der Waals surface area contributed by atoms with E-state index in [0.717, 1.165) is 0 Å². The minimum atomic E-state index is -0.592. The van der Waals surface area contributed by atoms with Crippen LogP contribution in [0.15, 0.2) is 24.3 Å². The molecule has 0 aliphatic heterocycles. The minimum absolute atomic E-state index is 0.0578. The molecule has 0 amide bonds. The first-order valence-electron chi connectivity index (χ1n) is 4.91. The molecule has 0 spiro atoms. The summed E-state index contributed by atoms with van der Waals surface area (Å²) in [5, 5.41) is 0. The zero-order chi connectivity index (χ0) is 12.1. The Morgan fingerprint density at radius 2 is 1.87 bits per heavy atom. The summed E-state index contributed by atoms with van der Waals surface area (Å²) in [4.78, 5) is 23.0. The molecule has 0 saturated heterocycles. The standard InChI is InChI=1S/C12H18O3/c1-6-8-9(10(13)7-2)11(14)15-12(3,4)5/h6,8H,1,7H2,2-5H3. The highest BCUT2D eigenvalue weighted by Crippen LogP contribution is 2.12. The van der Waals surface area contributed by atoms with Gasteiger partial charge in [0.25, 0.3) is 0 Å². The van der Waals surface area contributed by atoms with Gasteiger partial charge in [-0.1, -0.05) is 19.6 Å². The third-order valence-electron chi connectivity index (χ3n) is 1.52. The molecule has 0 aliphatic rings. The molecule has 0 radical (unpaired) electrons. The zero-order valence-electron chi connectivity index (χ0n) is 9.79. The molecular formula is C12H18O3. The Bertz CT molecular complexity index is 292. The topological polar surface area (TPSA) is 43.4 Å². The Labute approximate surface area is 90.8 Å². The molecule has 0 aromatic carbocycles. The predicted octanol–water partition coefficient (Wildman–Crippen LogP) is 2.42. The van der Waals surface area contributed by atoms with E-state index in [4.69, 9.17) is 4.74 Å². The highest BCUT2D eigenvalue weighted by atomic mass is 16.6. The second kappa shape index (κ2) is 5.49. The fourth-order valence-electron chi connectivity index (χ4n) is 0.916. The van der Waals surface area contributed by atoms with Crippen LogP contribution in [-0.2, 0) is 14.3 Å². The van der Waals surface area contributed by atoms with Crippen LogP contribution in [0.3, 0.4) is 0 Å². The van der Waals surface area contributed by atoms with Gasteiger partial charge in [0.15, 0.2) is 5.78 Å². The molecule has 0 N–H and O–H groups in total. The van der Waals surface area contributed by atoms with Crippen LogP contribution in [-0.4, -0.2) is 17.4 Å². The molecule has 0 saturated carbocycles. The van der Waals surface area contributed by atoms with Crippen LogP contribution in [0.2, 0.25) is 0 Å². The molecule has 0 aliphatic carbocycles. The highest BCUT2D eigenvalue weighted by Gasteiger charge is 2.22. The largest absolute Gasteiger partial charge is 0.456 e. The molecule has 84 valence electrons. The van der Waals surface area contributed by atoms with Gasteiger partial charge in [-0.2, -0.15) is 0 Å². The van der Waals surface area contributed by atoms with Crippen LogP contribution in [0.25, 0.3) is 0 Å². The third kappa shape index (κ3) is 5.15. The van der Waals surface area contributed by atoms with Crippen molar-refractivity contribution in [2.45, 2.75) is 39.7 Å². The van der Waals surface area contributed by atoms with Crippen molar-refractivity contribution in [3.05, 3.63) is 24.3 Å². The second-order valence-corrected chi connectivity index (χ2v) is 4.09. The van der Waals surface area contributed by atoms with Crippen molar-refractivity contribution in [3.63, 3.8) is 0 Å². The second-order valence-electron chi connectivity index (χ2n) is 4.09. The molecule has 0 aromatic heterocycles. The van der Waals surface area contributed by atoms with Gasteiger partial charge in [-0.05, 0) is 26.8 Å². The lowest BCUT2D eigenvalue weighted by atomic mass is 10.1. The lowest BCUT2D eigenvalue weighted by molar-refractivity contribution is -0.150. The normalized spacial score (nSPS) is 12.1. The third-order valence-corrected chi connectivity index (χ3v) is 1.52. The molecule has 15 heavy (non-hydrogen) atoms. The summed E-state index contributed by atoms with van der Waals surface area (Å²) >= 11 is 0. The van der Waals surface area contributed by atoms with Gasteiger partial charge in [0.2, 0.25) is 0 Å². The van der Waals surface area contributed by atoms with E-state index in [2.05, 4.69) is 6.58 Å². The number of hydrogen-bond donors (Lipinski definition) is 0. The number of allylic oxidation sites excluding steroid dienone is 2. The van der Waals surface area contributed by atoms with Gasteiger partial charge in [0.05, 0.1) is 0 Å². The first-order chi connectivity index (χ1) is 6.81. The SMILES string of the molecule is C=CC=C(C(=O)CC)C(=O)OC(C)(C)C. The summed E-state index contributed by atoms with van der Waals surface area (Å²) in [6, 6.07) is 0. The fraction of sp³-hybridized carbons (Fsp3) is 0.500. The van der Waals surface area contributed by atoms with Crippen LogP contribution >= 0.6 is 0 Å². The summed E-state index contributed by atoms with van der Waals surface area (Å²) in [6.07, 6.45) is 3.08. The summed E-state index contributed by atoms with van der Waals surface area (Å²) < 4.78 is 5.10. The molecule has 0 bridgehead atoms. The van der Waals surface area contributed by atoms with Gasteiger partial charge in [-0.3, -0.25) is 4.79 Å². The molecule has 0 fully saturated rings. The van der Waals surface area contributed by atoms with E-state index in [1.807, 2.05) is 0 Å². The van der Waals surface area contributed by atoms with Gasteiger partial charge < -0.3 is 4.74 Å². The van der Waals surface area contributed by atoms with E-state index < -0.39 is 11.6 Å². The van der Waals surface area contributed by atoms with E-state index in [1.54, 1.807) is 27.7 Å². The lowest BCUT2D eigenvalue weighted by Crippen LogP contribution is -2.27. The Morgan fingerprint density at radius 1 is 1.33 bits per heavy atom. The maximum Gasteiger partial charge on any atom is 0.342 e. The van der Waals surface area contributed by atoms with Crippen LogP contribution in [0.4, 0.5) is 0 Å². The predicted molar refractivity (Wildman–Crippen MR) is 59.4 cm³/mol. The van der Waals surface area contributed by atoms with Crippen molar-refractivity contribution in [3.8, 4) is 0 Å². The number of esters is 1. The Balaban J connectivity index is 4.81. The number of carbonyl (C=O) groups excluding carboxylic acids is 2. The van der Waals surface area contributed by atoms with Crippen molar-refractivity contribution in [1.29, 1.82) is 0 Å². The molecule has 3 nitrogen and oxygen atoms in total. The molecule has 3 heteroatoms. The minimum Gasteiger partial charge on any atom is -0.456 e. The van der Waals surface area contributed by atoms with Gasteiger partial charge in [-0.25, -0.2) is 4.79 Å². The van der Waals surface area contributed by atoms with Crippen molar-refractivity contribution in [2.75, 3.05) is 0 Å². The number of hydrogen-bond acceptors (Lipinski definition) is 3. The summed E-state index contributed by atoms with van der Waals surface area (Å²) in [5.41, 5.74) is -0.534. The summed E-state index contributed by atoms with van der Waals surface area (Å²) in [7, 11) is 0. The van der Waals surface area contributed by atoms with E-state index in [-0.39, 0.29) is 17.8 Å². The smallest absolute Gasteiger partial charge is 0.342 e. The molecule has 0 heterocycles. The van der Waals surface area contributed by atoms with Gasteiger partial charge in [0, 0.05) is 6.42 Å². The van der Waals surface area contributed by atoms with E-state index in [0.29, 0.717) is 0 Å². The van der Waals surface area contributed by atoms with Crippen LogP contribution in [0.1, 0.15) is 34.1 Å². The quantitative estimate of drug-likeness (QED) is 0.235. The van der Waals surface area contributed by atoms with Gasteiger partial charge >= 0.3 is 5.97 Å². The first-order valence-corrected chi connectivity index (χ1v) is 4.91. The zero-order valence-corrected chi connectivity index (χ0v) is 9.79. The summed E-state index contributed by atoms with van der Waals surface area (Å²) in [6.45, 7) is 10.4. The van der Waals surface area contributed by atoms with E-state index in [1.165, 1.54) is 12.2 Å². The first kappa shape index (κ1) is 13.6. The number of rotatable bonds is 4. The number of ketones is 1. The summed E-state index contributed by atoms with van der Waals surface area (Å²) in [5.74, 6) is -0.821. The molecular weight excluding hydrogens is 192 g/mol. The Kier molecular flexibility index (Phi) is 4.98. The van der Waals surface area contributed by atoms with Crippen molar-refractivity contribution < 1.29 is 14.3 Å². The molecule has 0 unspecified atom stereocenters. The van der Waals surface area contributed by atoms with Crippen molar-refractivity contribution in [1.82, 2.24) is 0 Å². The van der Waals surface area contributed by atoms with Crippen molar-refractivity contribution in [2.24, 2.45) is 0 Å². The Hall–Kier alpha value is -1.38. The molecule has 0 aromatic rings. The van der Waals surface area contributed by atoms with Crippen LogP contribution in [0, 0.1) is 0 Å². The molecule has 0 rings (SSSR count). The maximum absolute atomic E-state index is 11.6. The molecule has 0 atom stereocenters. The van der Waals surface area contributed by atoms with E-state index >= 15 is 0 Å². The average Bonchev–Trinajstić information content (AvgIpc) is 2.10. The number of carbonyl (C=O) groups is 2. The average molecular weight is 210 g/mol. The van der Waals surface area contributed by atoms with Crippen LogP contribution < -0.4 is 0 Å². The van der Waals surface area contributed by atoms with E-state index in [9.17, 15) is 9.59 Å². The van der Waals surface area contributed by atoms with Gasteiger partial charge in [0.1, 0.15) is 11.2 Å². The number of ether oxygens (including phenoxy) is 1. The van der Waals surface area contributed by atoms with Crippen molar-refractivity contribution >= 4 is 11.8 Å². The fourth-order valence-corrected chi connectivity index (χ4v) is 0.916. The Morgan fingerprint density at radius 3 is 2.20 bits per heavy atom. The number of Topliss-reactive ketones (excluding diaryl/α,β-unsaturated/α-hetero) is 1. The van der Waals surface area contributed by atoms with Gasteiger partial charge in [-0.15, -0.1) is 0 Å². The lowest BCUT2D eigenvalue weighted by Gasteiger charge is -2.19. The maximum atomic E-state index is 11.6. The monoisotopic (exact) mass is 210 g/mol.